The molecule has 5 nitrogen and oxygen atoms in total. The van der Waals surface area contributed by atoms with Gasteiger partial charge in [-0.15, -0.1) is 16.4 Å². The first-order chi connectivity index (χ1) is 8.63. The summed E-state index contributed by atoms with van der Waals surface area (Å²) in [6.07, 6.45) is 1.47. The van der Waals surface area contributed by atoms with Crippen molar-refractivity contribution in [1.82, 2.24) is 14.6 Å². The molecule has 18 heavy (non-hydrogen) atoms. The lowest BCUT2D eigenvalue weighted by Crippen LogP contribution is -1.99. The number of carboxylic acids is 1. The minimum atomic E-state index is -0.971. The van der Waals surface area contributed by atoms with E-state index in [9.17, 15) is 4.79 Å². The van der Waals surface area contributed by atoms with Crippen LogP contribution in [0.1, 0.15) is 15.2 Å². The molecule has 0 radical (unpaired) electrons. The molecule has 3 heterocycles. The third kappa shape index (κ3) is 1.76. The van der Waals surface area contributed by atoms with E-state index in [1.54, 1.807) is 17.4 Å². The van der Waals surface area contributed by atoms with Crippen molar-refractivity contribution in [3.05, 3.63) is 40.9 Å². The van der Waals surface area contributed by atoms with E-state index in [2.05, 4.69) is 10.1 Å². The first-order valence-electron chi connectivity index (χ1n) is 5.30. The standard InChI is InChI=1S/C12H9N3O2S/c1-7-2-4-9(18-7)11-13-10-5-3-8(12(16)17)6-15(10)14-11/h2-6H,1H3,(H,16,17). The number of fused-ring (bicyclic) bond motifs is 1. The van der Waals surface area contributed by atoms with Crippen LogP contribution in [-0.2, 0) is 0 Å². The summed E-state index contributed by atoms with van der Waals surface area (Å²) < 4.78 is 1.49. The Morgan fingerprint density at radius 3 is 2.83 bits per heavy atom. The summed E-state index contributed by atoms with van der Waals surface area (Å²) in [7, 11) is 0. The molecule has 0 saturated carbocycles. The number of aromatic carboxylic acids is 1. The number of nitrogens with zero attached hydrogens (tertiary/aromatic N) is 3. The molecule has 0 amide bonds. The van der Waals surface area contributed by atoms with Gasteiger partial charge in [-0.3, -0.25) is 0 Å². The molecule has 0 aliphatic rings. The highest BCUT2D eigenvalue weighted by Gasteiger charge is 2.10. The normalized spacial score (nSPS) is 10.9. The molecule has 3 aromatic heterocycles. The fourth-order valence-electron chi connectivity index (χ4n) is 1.67. The Morgan fingerprint density at radius 1 is 1.33 bits per heavy atom. The summed E-state index contributed by atoms with van der Waals surface area (Å²) in [6, 6.07) is 7.15. The van der Waals surface area contributed by atoms with E-state index in [0.717, 1.165) is 4.88 Å². The Kier molecular flexibility index (Phi) is 2.38. The van der Waals surface area contributed by atoms with Gasteiger partial charge in [0.25, 0.3) is 0 Å². The van der Waals surface area contributed by atoms with Gasteiger partial charge in [0.2, 0.25) is 0 Å². The first-order valence-corrected chi connectivity index (χ1v) is 6.12. The van der Waals surface area contributed by atoms with Gasteiger partial charge in [0.1, 0.15) is 0 Å². The van der Waals surface area contributed by atoms with E-state index >= 15 is 0 Å². The Morgan fingerprint density at radius 2 is 2.17 bits per heavy atom. The second kappa shape index (κ2) is 3.92. The molecule has 0 fully saturated rings. The molecule has 90 valence electrons. The zero-order valence-electron chi connectivity index (χ0n) is 9.49. The Hall–Kier alpha value is -2.21. The van der Waals surface area contributed by atoms with Crippen LogP contribution in [0.3, 0.4) is 0 Å². The van der Waals surface area contributed by atoms with Gasteiger partial charge in [0.15, 0.2) is 11.5 Å². The average molecular weight is 259 g/mol. The molecular weight excluding hydrogens is 250 g/mol. The first kappa shape index (κ1) is 10.9. The number of pyridine rings is 1. The van der Waals surface area contributed by atoms with Gasteiger partial charge >= 0.3 is 5.97 Å². The molecule has 0 aliphatic carbocycles. The van der Waals surface area contributed by atoms with Crippen LogP contribution in [0.2, 0.25) is 0 Å². The van der Waals surface area contributed by atoms with Gasteiger partial charge in [-0.05, 0) is 31.2 Å². The summed E-state index contributed by atoms with van der Waals surface area (Å²) in [5.41, 5.74) is 0.836. The molecule has 0 aliphatic heterocycles. The number of hydrogen-bond acceptors (Lipinski definition) is 4. The van der Waals surface area contributed by atoms with Gasteiger partial charge in [0, 0.05) is 11.1 Å². The van der Waals surface area contributed by atoms with Crippen LogP contribution in [0.15, 0.2) is 30.5 Å². The van der Waals surface area contributed by atoms with Gasteiger partial charge in [-0.1, -0.05) is 0 Å². The smallest absolute Gasteiger partial charge is 0.337 e. The van der Waals surface area contributed by atoms with E-state index in [4.69, 9.17) is 5.11 Å². The van der Waals surface area contributed by atoms with E-state index < -0.39 is 5.97 Å². The van der Waals surface area contributed by atoms with Crippen LogP contribution in [0.25, 0.3) is 16.3 Å². The van der Waals surface area contributed by atoms with Crippen molar-refractivity contribution in [2.24, 2.45) is 0 Å². The van der Waals surface area contributed by atoms with Crippen molar-refractivity contribution >= 4 is 23.0 Å². The van der Waals surface area contributed by atoms with Crippen LogP contribution in [0.5, 0.6) is 0 Å². The predicted molar refractivity (Wildman–Crippen MR) is 68.0 cm³/mol. The number of carbonyl (C=O) groups is 1. The van der Waals surface area contributed by atoms with Crippen molar-refractivity contribution in [3.63, 3.8) is 0 Å². The van der Waals surface area contributed by atoms with Crippen molar-refractivity contribution in [3.8, 4) is 10.7 Å². The van der Waals surface area contributed by atoms with Crippen LogP contribution in [-0.4, -0.2) is 25.7 Å². The van der Waals surface area contributed by atoms with Crippen molar-refractivity contribution in [2.45, 2.75) is 6.92 Å². The van der Waals surface area contributed by atoms with Crippen LogP contribution < -0.4 is 0 Å². The molecule has 6 heteroatoms. The monoisotopic (exact) mass is 259 g/mol. The Labute approximate surface area is 106 Å². The topological polar surface area (TPSA) is 67.5 Å². The third-order valence-electron chi connectivity index (χ3n) is 2.54. The third-order valence-corrected chi connectivity index (χ3v) is 3.54. The molecule has 0 unspecified atom stereocenters. The molecule has 0 atom stereocenters. The Bertz CT molecular complexity index is 745. The average Bonchev–Trinajstić information content (AvgIpc) is 2.93. The summed E-state index contributed by atoms with van der Waals surface area (Å²) in [5.74, 6) is -0.350. The predicted octanol–water partition coefficient (Wildman–Crippen LogP) is 2.46. The maximum Gasteiger partial charge on any atom is 0.337 e. The highest BCUT2D eigenvalue weighted by atomic mass is 32.1. The number of carboxylic acid groups (broad SMARTS) is 1. The summed E-state index contributed by atoms with van der Waals surface area (Å²) in [5, 5.41) is 13.2. The molecule has 3 aromatic rings. The highest BCUT2D eigenvalue weighted by Crippen LogP contribution is 2.25. The van der Waals surface area contributed by atoms with Crippen molar-refractivity contribution in [1.29, 1.82) is 0 Å². The zero-order valence-corrected chi connectivity index (χ0v) is 10.3. The van der Waals surface area contributed by atoms with Crippen LogP contribution >= 0.6 is 11.3 Å². The number of thiophene rings is 1. The highest BCUT2D eigenvalue weighted by molar-refractivity contribution is 7.15. The number of hydrogen-bond donors (Lipinski definition) is 1. The maximum atomic E-state index is 10.9. The molecular formula is C12H9N3O2S. The molecule has 0 saturated heterocycles. The van der Waals surface area contributed by atoms with Crippen LogP contribution in [0.4, 0.5) is 0 Å². The fourth-order valence-corrected chi connectivity index (χ4v) is 2.47. The van der Waals surface area contributed by atoms with Crippen molar-refractivity contribution < 1.29 is 9.90 Å². The molecule has 3 rings (SSSR count). The number of aromatic nitrogens is 3. The lowest BCUT2D eigenvalue weighted by molar-refractivity contribution is 0.0696. The Balaban J connectivity index is 2.13. The van der Waals surface area contributed by atoms with Gasteiger partial charge in [-0.2, -0.15) is 0 Å². The minimum absolute atomic E-state index is 0.196. The zero-order chi connectivity index (χ0) is 12.7. The van der Waals surface area contributed by atoms with Crippen LogP contribution in [0, 0.1) is 6.92 Å². The summed E-state index contributed by atoms with van der Waals surface area (Å²) in [6.45, 7) is 2.02. The van der Waals surface area contributed by atoms with Gasteiger partial charge in [-0.25, -0.2) is 14.3 Å². The van der Waals surface area contributed by atoms with E-state index in [1.807, 2.05) is 19.1 Å². The minimum Gasteiger partial charge on any atom is -0.478 e. The quantitative estimate of drug-likeness (QED) is 0.767. The molecule has 0 aromatic carbocycles. The van der Waals surface area contributed by atoms with E-state index in [1.165, 1.54) is 21.7 Å². The largest absolute Gasteiger partial charge is 0.478 e. The number of rotatable bonds is 2. The van der Waals surface area contributed by atoms with Crippen molar-refractivity contribution in [2.75, 3.05) is 0 Å². The summed E-state index contributed by atoms with van der Waals surface area (Å²) in [4.78, 5) is 17.4. The molecule has 0 spiro atoms. The molecule has 0 bridgehead atoms. The van der Waals surface area contributed by atoms with Gasteiger partial charge in [0.05, 0.1) is 10.4 Å². The van der Waals surface area contributed by atoms with Gasteiger partial charge < -0.3 is 5.11 Å². The second-order valence-corrected chi connectivity index (χ2v) is 5.16. The van der Waals surface area contributed by atoms with E-state index in [-0.39, 0.29) is 5.56 Å². The molecule has 1 N–H and O–H groups in total. The lowest BCUT2D eigenvalue weighted by atomic mass is 10.3. The second-order valence-electron chi connectivity index (χ2n) is 3.87. The fraction of sp³-hybridized carbons (Fsp3) is 0.0833. The maximum absolute atomic E-state index is 10.9. The SMILES string of the molecule is Cc1ccc(-c2nc3ccc(C(=O)O)cn3n2)s1. The number of aryl methyl sites for hydroxylation is 1. The lowest BCUT2D eigenvalue weighted by Gasteiger charge is -1.93. The van der Waals surface area contributed by atoms with E-state index in [0.29, 0.717) is 11.5 Å². The summed E-state index contributed by atoms with van der Waals surface area (Å²) >= 11 is 1.61.